The molecule has 0 spiro atoms. The first-order chi connectivity index (χ1) is 20.8. The summed E-state index contributed by atoms with van der Waals surface area (Å²) in [7, 11) is -3.19. The molecule has 0 atom stereocenters. The Morgan fingerprint density at radius 1 is 0.907 bits per heavy atom. The van der Waals surface area contributed by atoms with E-state index in [1.165, 1.54) is 31.2 Å². The highest BCUT2D eigenvalue weighted by Gasteiger charge is 2.18. The molecular weight excluding hydrogens is 567 g/mol. The van der Waals surface area contributed by atoms with Crippen LogP contribution in [0.25, 0.3) is 55.8 Å². The van der Waals surface area contributed by atoms with Crippen LogP contribution in [0.4, 0.5) is 4.39 Å². The minimum absolute atomic E-state index is 0.0627. The van der Waals surface area contributed by atoms with Crippen molar-refractivity contribution in [2.24, 2.45) is 0 Å². The normalized spacial score (nSPS) is 14.3. The van der Waals surface area contributed by atoms with Crippen LogP contribution >= 0.6 is 0 Å². The van der Waals surface area contributed by atoms with Crippen LogP contribution in [0.1, 0.15) is 24.0 Å². The van der Waals surface area contributed by atoms with Crippen molar-refractivity contribution in [3.05, 3.63) is 78.3 Å². The number of aromatic amines is 2. The molecule has 1 fully saturated rings. The molecule has 10 nitrogen and oxygen atoms in total. The van der Waals surface area contributed by atoms with Gasteiger partial charge in [0.1, 0.15) is 21.3 Å². The second-order valence-electron chi connectivity index (χ2n) is 11.1. The van der Waals surface area contributed by atoms with Crippen LogP contribution in [0.3, 0.4) is 0 Å². The lowest BCUT2D eigenvalue weighted by molar-refractivity contribution is 0.331. The van der Waals surface area contributed by atoms with Crippen LogP contribution in [0.15, 0.2) is 61.3 Å². The zero-order valence-corrected chi connectivity index (χ0v) is 24.3. The quantitative estimate of drug-likeness (QED) is 0.252. The number of fused-ring (bicyclic) bond motifs is 2. The Balaban J connectivity index is 1.24. The maximum absolute atomic E-state index is 14.6. The number of halogens is 1. The molecule has 1 aliphatic rings. The van der Waals surface area contributed by atoms with Crippen molar-refractivity contribution in [3.63, 3.8) is 0 Å². The van der Waals surface area contributed by atoms with Gasteiger partial charge in [-0.2, -0.15) is 5.10 Å². The summed E-state index contributed by atoms with van der Waals surface area (Å²) in [4.78, 5) is 24.1. The van der Waals surface area contributed by atoms with E-state index in [4.69, 9.17) is 4.98 Å². The summed E-state index contributed by atoms with van der Waals surface area (Å²) in [6, 6.07) is 8.67. The first-order valence-electron chi connectivity index (χ1n) is 14.1. The van der Waals surface area contributed by atoms with Crippen molar-refractivity contribution in [3.8, 4) is 33.9 Å². The van der Waals surface area contributed by atoms with Crippen molar-refractivity contribution in [1.29, 1.82) is 0 Å². The Morgan fingerprint density at radius 2 is 1.72 bits per heavy atom. The van der Waals surface area contributed by atoms with Gasteiger partial charge >= 0.3 is 0 Å². The van der Waals surface area contributed by atoms with E-state index in [0.717, 1.165) is 47.4 Å². The molecule has 1 aromatic carbocycles. The van der Waals surface area contributed by atoms with Gasteiger partial charge in [0, 0.05) is 47.9 Å². The van der Waals surface area contributed by atoms with Gasteiger partial charge in [-0.1, -0.05) is 6.07 Å². The summed E-state index contributed by atoms with van der Waals surface area (Å²) in [5.41, 5.74) is 7.31. The summed E-state index contributed by atoms with van der Waals surface area (Å²) >= 11 is 0. The van der Waals surface area contributed by atoms with E-state index < -0.39 is 15.7 Å². The largest absolute Gasteiger partial charge is 0.335 e. The molecule has 0 bridgehead atoms. The molecule has 1 saturated heterocycles. The third-order valence-corrected chi connectivity index (χ3v) is 8.74. The van der Waals surface area contributed by atoms with Gasteiger partial charge in [-0.05, 0) is 73.3 Å². The Hall–Kier alpha value is -4.55. The van der Waals surface area contributed by atoms with E-state index in [9.17, 15) is 12.8 Å². The number of hydrogen-bond acceptors (Lipinski definition) is 8. The molecule has 7 rings (SSSR count). The molecule has 2 N–H and O–H groups in total. The summed E-state index contributed by atoms with van der Waals surface area (Å²) < 4.78 is 38.0. The maximum atomic E-state index is 14.6. The minimum atomic E-state index is -3.19. The lowest BCUT2D eigenvalue weighted by atomic mass is 10.0. The summed E-state index contributed by atoms with van der Waals surface area (Å²) in [5, 5.41) is 8.43. The Labute approximate surface area is 247 Å². The van der Waals surface area contributed by atoms with Gasteiger partial charge in [-0.3, -0.25) is 25.0 Å². The summed E-state index contributed by atoms with van der Waals surface area (Å²) in [6.07, 6.45) is 12.7. The molecule has 218 valence electrons. The summed E-state index contributed by atoms with van der Waals surface area (Å²) in [5.74, 6) is 0.0144. The number of sulfone groups is 1. The molecule has 43 heavy (non-hydrogen) atoms. The molecule has 0 saturated carbocycles. The Morgan fingerprint density at radius 3 is 2.56 bits per heavy atom. The SMILES string of the molecule is CS(=O)(=O)CCc1cc(F)cc(-c2cncc3[nH]c(-c4n[nH]c5cnc(-c6cncc(CN7CCCC7)c6)cc45)nc23)c1. The number of aryl methyl sites for hydroxylation is 1. The Kier molecular flexibility index (Phi) is 6.94. The van der Waals surface area contributed by atoms with Gasteiger partial charge in [0.15, 0.2) is 5.82 Å². The van der Waals surface area contributed by atoms with Gasteiger partial charge in [0.2, 0.25) is 0 Å². The fourth-order valence-electron chi connectivity index (χ4n) is 5.68. The fourth-order valence-corrected chi connectivity index (χ4v) is 6.28. The Bertz CT molecular complexity index is 2080. The summed E-state index contributed by atoms with van der Waals surface area (Å²) in [6.45, 7) is 3.11. The zero-order chi connectivity index (χ0) is 29.6. The van der Waals surface area contributed by atoms with Crippen LogP contribution in [0.5, 0.6) is 0 Å². The topological polar surface area (TPSA) is 133 Å². The minimum Gasteiger partial charge on any atom is -0.335 e. The van der Waals surface area contributed by atoms with Crippen molar-refractivity contribution in [2.75, 3.05) is 25.1 Å². The monoisotopic (exact) mass is 596 g/mol. The van der Waals surface area contributed by atoms with E-state index in [2.05, 4.69) is 41.1 Å². The molecule has 0 radical (unpaired) electrons. The van der Waals surface area contributed by atoms with E-state index >= 15 is 0 Å². The first-order valence-corrected chi connectivity index (χ1v) is 16.2. The van der Waals surface area contributed by atoms with Gasteiger partial charge in [0.25, 0.3) is 0 Å². The fraction of sp³-hybridized carbons (Fsp3) is 0.258. The van der Waals surface area contributed by atoms with Crippen LogP contribution in [-0.4, -0.2) is 73.5 Å². The number of pyridine rings is 3. The van der Waals surface area contributed by atoms with Gasteiger partial charge in [-0.15, -0.1) is 0 Å². The van der Waals surface area contributed by atoms with Crippen molar-refractivity contribution in [1.82, 2.24) is 40.0 Å². The van der Waals surface area contributed by atoms with Crippen LogP contribution in [0.2, 0.25) is 0 Å². The number of aromatic nitrogens is 7. The van der Waals surface area contributed by atoms with E-state index in [1.807, 2.05) is 18.5 Å². The molecule has 1 aliphatic heterocycles. The van der Waals surface area contributed by atoms with Gasteiger partial charge < -0.3 is 4.98 Å². The molecular formula is C31H29FN8O2S. The lowest BCUT2D eigenvalue weighted by Crippen LogP contribution is -2.18. The number of rotatable bonds is 8. The molecule has 12 heteroatoms. The lowest BCUT2D eigenvalue weighted by Gasteiger charge is -2.14. The molecule has 5 aromatic heterocycles. The average Bonchev–Trinajstić information content (AvgIpc) is 3.75. The van der Waals surface area contributed by atoms with Gasteiger partial charge in [0.05, 0.1) is 40.4 Å². The second kappa shape index (κ2) is 10.9. The number of H-pyrrole nitrogens is 2. The highest BCUT2D eigenvalue weighted by molar-refractivity contribution is 7.90. The molecule has 6 heterocycles. The molecule has 0 aliphatic carbocycles. The predicted molar refractivity (Wildman–Crippen MR) is 163 cm³/mol. The predicted octanol–water partition coefficient (Wildman–Crippen LogP) is 4.95. The first kappa shape index (κ1) is 27.3. The number of hydrogen-bond donors (Lipinski definition) is 2. The van der Waals surface area contributed by atoms with E-state index in [1.54, 1.807) is 24.7 Å². The van der Waals surface area contributed by atoms with Crippen molar-refractivity contribution >= 4 is 31.8 Å². The smallest absolute Gasteiger partial charge is 0.159 e. The van der Waals surface area contributed by atoms with E-state index in [-0.39, 0.29) is 12.2 Å². The molecule has 0 amide bonds. The van der Waals surface area contributed by atoms with Crippen LogP contribution in [0, 0.1) is 5.82 Å². The van der Waals surface area contributed by atoms with Crippen molar-refractivity contribution < 1.29 is 12.8 Å². The highest BCUT2D eigenvalue weighted by Crippen LogP contribution is 2.33. The van der Waals surface area contributed by atoms with E-state index in [0.29, 0.717) is 39.2 Å². The molecule has 6 aromatic rings. The number of imidazole rings is 1. The number of nitrogens with one attached hydrogen (secondary N) is 2. The van der Waals surface area contributed by atoms with Gasteiger partial charge in [-0.25, -0.2) is 17.8 Å². The van der Waals surface area contributed by atoms with Crippen LogP contribution in [-0.2, 0) is 22.8 Å². The number of nitrogens with zero attached hydrogens (tertiary/aromatic N) is 6. The number of likely N-dealkylation sites (tertiary alicyclic amines) is 1. The maximum Gasteiger partial charge on any atom is 0.159 e. The third-order valence-electron chi connectivity index (χ3n) is 7.79. The molecule has 0 unspecified atom stereocenters. The van der Waals surface area contributed by atoms with Crippen molar-refractivity contribution in [2.45, 2.75) is 25.8 Å². The second-order valence-corrected chi connectivity index (χ2v) is 13.4. The zero-order valence-electron chi connectivity index (χ0n) is 23.5. The highest BCUT2D eigenvalue weighted by atomic mass is 32.2. The average molecular weight is 597 g/mol. The number of benzene rings is 1. The standard InChI is InChI=1S/C31H29FN8O2S/c1-43(41,42)7-4-19-8-21(11-23(32)10-19)25-15-34-16-28-29(25)37-31(36-28)30-24-12-26(35-17-27(24)38-39-30)22-9-20(13-33-14-22)18-40-5-2-3-6-40/h8-17H,2-7,18H2,1H3,(H,36,37)(H,38,39). The van der Waals surface area contributed by atoms with Crippen LogP contribution < -0.4 is 0 Å². The third kappa shape index (κ3) is 5.75.